The first-order valence-corrected chi connectivity index (χ1v) is 4.88. The van der Waals surface area contributed by atoms with Crippen LogP contribution < -0.4 is 5.32 Å². The average Bonchev–Trinajstić information content (AvgIpc) is 2.27. The van der Waals surface area contributed by atoms with Crippen molar-refractivity contribution >= 4 is 17.3 Å². The number of halogens is 2. The largest absolute Gasteiger partial charge is 0.390 e. The van der Waals surface area contributed by atoms with E-state index in [-0.39, 0.29) is 18.1 Å². The van der Waals surface area contributed by atoms with Crippen LogP contribution in [-0.2, 0) is 0 Å². The zero-order valence-corrected chi connectivity index (χ0v) is 8.63. The minimum absolute atomic E-state index is 0.0760. The Kier molecular flexibility index (Phi) is 4.35. The van der Waals surface area contributed by atoms with Gasteiger partial charge in [0.1, 0.15) is 5.82 Å². The van der Waals surface area contributed by atoms with E-state index in [1.165, 1.54) is 18.2 Å². The van der Waals surface area contributed by atoms with E-state index in [9.17, 15) is 4.39 Å². The maximum Gasteiger partial charge on any atom is 0.146 e. The molecule has 0 fully saturated rings. The molecule has 0 spiro atoms. The standard InChI is InChI=1S/C10H10ClFN2O/c11-4-8(15)6-14-10-3-7(5-13)1-2-9(10)12/h1-3,8,14-15H,4,6H2. The van der Waals surface area contributed by atoms with Crippen molar-refractivity contribution in [2.24, 2.45) is 0 Å². The molecule has 0 aliphatic carbocycles. The highest BCUT2D eigenvalue weighted by molar-refractivity contribution is 6.18. The van der Waals surface area contributed by atoms with Gasteiger partial charge in [0.05, 0.1) is 29.3 Å². The highest BCUT2D eigenvalue weighted by Crippen LogP contribution is 2.15. The lowest BCUT2D eigenvalue weighted by Crippen LogP contribution is -2.21. The van der Waals surface area contributed by atoms with Gasteiger partial charge in [-0.2, -0.15) is 5.26 Å². The molecule has 80 valence electrons. The molecular weight excluding hydrogens is 219 g/mol. The van der Waals surface area contributed by atoms with Crippen molar-refractivity contribution in [1.29, 1.82) is 5.26 Å². The van der Waals surface area contributed by atoms with E-state index in [0.29, 0.717) is 5.56 Å². The molecule has 0 bridgehead atoms. The second kappa shape index (κ2) is 5.54. The van der Waals surface area contributed by atoms with Crippen LogP contribution in [0.2, 0.25) is 0 Å². The Labute approximate surface area is 92.1 Å². The van der Waals surface area contributed by atoms with Gasteiger partial charge in [0.25, 0.3) is 0 Å². The Morgan fingerprint density at radius 2 is 2.33 bits per heavy atom. The Morgan fingerprint density at radius 1 is 1.60 bits per heavy atom. The molecule has 0 saturated carbocycles. The number of nitrogens with zero attached hydrogens (tertiary/aromatic N) is 1. The van der Waals surface area contributed by atoms with Gasteiger partial charge in [-0.3, -0.25) is 0 Å². The zero-order chi connectivity index (χ0) is 11.3. The van der Waals surface area contributed by atoms with Crippen LogP contribution in [0.15, 0.2) is 18.2 Å². The van der Waals surface area contributed by atoms with Crippen LogP contribution in [0.1, 0.15) is 5.56 Å². The molecule has 3 nitrogen and oxygen atoms in total. The molecule has 0 aliphatic heterocycles. The summed E-state index contributed by atoms with van der Waals surface area (Å²) in [5.41, 5.74) is 0.553. The summed E-state index contributed by atoms with van der Waals surface area (Å²) >= 11 is 5.38. The first-order valence-electron chi connectivity index (χ1n) is 4.35. The van der Waals surface area contributed by atoms with Crippen molar-refractivity contribution in [3.05, 3.63) is 29.6 Å². The van der Waals surface area contributed by atoms with Gasteiger partial charge in [0.15, 0.2) is 0 Å². The third-order valence-electron chi connectivity index (χ3n) is 1.80. The van der Waals surface area contributed by atoms with Crippen molar-refractivity contribution < 1.29 is 9.50 Å². The highest BCUT2D eigenvalue weighted by atomic mass is 35.5. The highest BCUT2D eigenvalue weighted by Gasteiger charge is 2.06. The Balaban J connectivity index is 2.72. The lowest BCUT2D eigenvalue weighted by atomic mass is 10.2. The molecule has 1 atom stereocenters. The molecule has 2 N–H and O–H groups in total. The van der Waals surface area contributed by atoms with Crippen molar-refractivity contribution in [2.75, 3.05) is 17.7 Å². The summed E-state index contributed by atoms with van der Waals surface area (Å²) in [6.07, 6.45) is -0.739. The predicted octanol–water partition coefficient (Wildman–Crippen LogP) is 1.71. The number of hydrogen-bond donors (Lipinski definition) is 2. The molecular formula is C10H10ClFN2O. The van der Waals surface area contributed by atoms with Crippen LogP contribution >= 0.6 is 11.6 Å². The van der Waals surface area contributed by atoms with Gasteiger partial charge in [-0.25, -0.2) is 4.39 Å². The molecule has 1 unspecified atom stereocenters. The van der Waals surface area contributed by atoms with E-state index in [2.05, 4.69) is 5.32 Å². The normalized spacial score (nSPS) is 11.9. The second-order valence-corrected chi connectivity index (χ2v) is 3.30. The lowest BCUT2D eigenvalue weighted by molar-refractivity contribution is 0.211. The Morgan fingerprint density at radius 3 is 2.93 bits per heavy atom. The van der Waals surface area contributed by atoms with Crippen LogP contribution in [0.25, 0.3) is 0 Å². The molecule has 1 rings (SSSR count). The molecule has 15 heavy (non-hydrogen) atoms. The number of aliphatic hydroxyl groups is 1. The van der Waals surface area contributed by atoms with E-state index < -0.39 is 11.9 Å². The molecule has 1 aromatic rings. The SMILES string of the molecule is N#Cc1ccc(F)c(NCC(O)CCl)c1. The summed E-state index contributed by atoms with van der Waals surface area (Å²) in [6, 6.07) is 5.88. The number of rotatable bonds is 4. The van der Waals surface area contributed by atoms with Crippen molar-refractivity contribution in [3.8, 4) is 6.07 Å². The van der Waals surface area contributed by atoms with Crippen molar-refractivity contribution in [2.45, 2.75) is 6.10 Å². The molecule has 0 aliphatic rings. The van der Waals surface area contributed by atoms with Gasteiger partial charge in [0, 0.05) is 6.54 Å². The molecule has 0 heterocycles. The first kappa shape index (κ1) is 11.8. The zero-order valence-electron chi connectivity index (χ0n) is 7.87. The van der Waals surface area contributed by atoms with Crippen LogP contribution in [0.5, 0.6) is 0 Å². The summed E-state index contributed by atoms with van der Waals surface area (Å²) in [6.45, 7) is 0.148. The molecule has 0 aromatic heterocycles. The molecule has 0 amide bonds. The molecule has 1 aromatic carbocycles. The topological polar surface area (TPSA) is 56.0 Å². The predicted molar refractivity (Wildman–Crippen MR) is 56.3 cm³/mol. The van der Waals surface area contributed by atoms with Gasteiger partial charge in [0.2, 0.25) is 0 Å². The van der Waals surface area contributed by atoms with Crippen LogP contribution in [0, 0.1) is 17.1 Å². The second-order valence-electron chi connectivity index (χ2n) is 3.00. The number of nitriles is 1. The Hall–Kier alpha value is -1.31. The summed E-state index contributed by atoms with van der Waals surface area (Å²) in [5, 5.41) is 20.4. The summed E-state index contributed by atoms with van der Waals surface area (Å²) < 4.78 is 13.2. The smallest absolute Gasteiger partial charge is 0.146 e. The number of benzene rings is 1. The van der Waals surface area contributed by atoms with E-state index in [4.69, 9.17) is 22.0 Å². The number of hydrogen-bond acceptors (Lipinski definition) is 3. The van der Waals surface area contributed by atoms with Gasteiger partial charge < -0.3 is 10.4 Å². The average molecular weight is 229 g/mol. The maximum atomic E-state index is 13.2. The number of alkyl halides is 1. The summed E-state index contributed by atoms with van der Waals surface area (Å²) in [5.74, 6) is -0.386. The summed E-state index contributed by atoms with van der Waals surface area (Å²) in [4.78, 5) is 0. The van der Waals surface area contributed by atoms with Crippen LogP contribution in [-0.4, -0.2) is 23.6 Å². The minimum Gasteiger partial charge on any atom is -0.390 e. The van der Waals surface area contributed by atoms with E-state index in [1.54, 1.807) is 0 Å². The third-order valence-corrected chi connectivity index (χ3v) is 2.16. The van der Waals surface area contributed by atoms with E-state index in [0.717, 1.165) is 0 Å². The fraction of sp³-hybridized carbons (Fsp3) is 0.300. The number of anilines is 1. The van der Waals surface area contributed by atoms with Gasteiger partial charge in [-0.05, 0) is 18.2 Å². The lowest BCUT2D eigenvalue weighted by Gasteiger charge is -2.10. The van der Waals surface area contributed by atoms with Gasteiger partial charge in [-0.1, -0.05) is 0 Å². The van der Waals surface area contributed by atoms with Gasteiger partial charge in [-0.15, -0.1) is 11.6 Å². The Bertz CT molecular complexity index is 378. The summed E-state index contributed by atoms with van der Waals surface area (Å²) in [7, 11) is 0. The fourth-order valence-corrected chi connectivity index (χ4v) is 1.12. The first-order chi connectivity index (χ1) is 7.17. The van der Waals surface area contributed by atoms with Gasteiger partial charge >= 0.3 is 0 Å². The van der Waals surface area contributed by atoms with Crippen LogP contribution in [0.4, 0.5) is 10.1 Å². The third kappa shape index (κ3) is 3.39. The van der Waals surface area contributed by atoms with E-state index in [1.807, 2.05) is 6.07 Å². The fourth-order valence-electron chi connectivity index (χ4n) is 1.01. The van der Waals surface area contributed by atoms with E-state index >= 15 is 0 Å². The maximum absolute atomic E-state index is 13.2. The molecule has 0 radical (unpaired) electrons. The quantitative estimate of drug-likeness (QED) is 0.772. The monoisotopic (exact) mass is 228 g/mol. The molecule has 0 saturated heterocycles. The molecule has 5 heteroatoms. The minimum atomic E-state index is -0.739. The van der Waals surface area contributed by atoms with Crippen molar-refractivity contribution in [1.82, 2.24) is 0 Å². The number of nitrogens with one attached hydrogen (secondary N) is 1. The van der Waals surface area contributed by atoms with Crippen LogP contribution in [0.3, 0.4) is 0 Å². The number of aliphatic hydroxyl groups excluding tert-OH is 1. The van der Waals surface area contributed by atoms with Crippen molar-refractivity contribution in [3.63, 3.8) is 0 Å².